The first-order chi connectivity index (χ1) is 8.58. The van der Waals surface area contributed by atoms with Gasteiger partial charge in [-0.15, -0.1) is 0 Å². The lowest BCUT2D eigenvalue weighted by atomic mass is 10.2. The number of carbonyl (C=O) groups excluding carboxylic acids is 1. The molecular formula is C12H17ClN4O. The van der Waals surface area contributed by atoms with Crippen LogP contribution in [-0.2, 0) is 0 Å². The van der Waals surface area contributed by atoms with E-state index in [2.05, 4.69) is 14.9 Å². The number of aromatic nitrogens is 2. The molecule has 0 aliphatic carbocycles. The summed E-state index contributed by atoms with van der Waals surface area (Å²) in [6, 6.07) is 0.258. The standard InChI is InChI=1S/C12H17ClN4O/c1-16(2)8-9-4-3-5-17(9)12(18)10-6-14-7-11(13)15-10/h6-7,9H,3-5,8H2,1-2H3. The number of likely N-dealkylation sites (N-methyl/N-ethyl adjacent to an activating group) is 1. The number of hydrogen-bond acceptors (Lipinski definition) is 4. The lowest BCUT2D eigenvalue weighted by Gasteiger charge is -2.26. The molecule has 1 fully saturated rings. The summed E-state index contributed by atoms with van der Waals surface area (Å²) in [5.74, 6) is -0.0747. The first-order valence-electron chi connectivity index (χ1n) is 6.01. The third-order valence-electron chi connectivity index (χ3n) is 3.04. The highest BCUT2D eigenvalue weighted by Gasteiger charge is 2.30. The highest BCUT2D eigenvalue weighted by molar-refractivity contribution is 6.29. The molecule has 2 heterocycles. The second kappa shape index (κ2) is 5.63. The number of likely N-dealkylation sites (tertiary alicyclic amines) is 1. The van der Waals surface area contributed by atoms with Crippen LogP contribution in [-0.4, -0.2) is 58.9 Å². The van der Waals surface area contributed by atoms with E-state index in [-0.39, 0.29) is 17.1 Å². The zero-order valence-electron chi connectivity index (χ0n) is 10.6. The molecule has 2 rings (SSSR count). The third kappa shape index (κ3) is 2.97. The van der Waals surface area contributed by atoms with Gasteiger partial charge in [-0.1, -0.05) is 11.6 Å². The number of amides is 1. The minimum absolute atomic E-state index is 0.0747. The van der Waals surface area contributed by atoms with Crippen molar-refractivity contribution in [2.75, 3.05) is 27.2 Å². The predicted molar refractivity (Wildman–Crippen MR) is 69.7 cm³/mol. The maximum atomic E-state index is 12.3. The van der Waals surface area contributed by atoms with Gasteiger partial charge >= 0.3 is 0 Å². The summed E-state index contributed by atoms with van der Waals surface area (Å²) in [4.78, 5) is 24.2. The van der Waals surface area contributed by atoms with E-state index in [0.29, 0.717) is 5.69 Å². The van der Waals surface area contributed by atoms with Gasteiger partial charge in [0.2, 0.25) is 0 Å². The van der Waals surface area contributed by atoms with Crippen molar-refractivity contribution in [3.8, 4) is 0 Å². The van der Waals surface area contributed by atoms with Gasteiger partial charge in [0, 0.05) is 19.1 Å². The van der Waals surface area contributed by atoms with Gasteiger partial charge in [-0.2, -0.15) is 0 Å². The Morgan fingerprint density at radius 1 is 1.56 bits per heavy atom. The first-order valence-corrected chi connectivity index (χ1v) is 6.39. The van der Waals surface area contributed by atoms with Gasteiger partial charge in [-0.05, 0) is 26.9 Å². The van der Waals surface area contributed by atoms with Crippen molar-refractivity contribution in [3.05, 3.63) is 23.2 Å². The van der Waals surface area contributed by atoms with Crippen molar-refractivity contribution < 1.29 is 4.79 Å². The van der Waals surface area contributed by atoms with Crippen LogP contribution in [0.25, 0.3) is 0 Å². The Morgan fingerprint density at radius 3 is 3.00 bits per heavy atom. The van der Waals surface area contributed by atoms with E-state index in [1.165, 1.54) is 12.4 Å². The molecule has 0 saturated carbocycles. The highest BCUT2D eigenvalue weighted by atomic mass is 35.5. The van der Waals surface area contributed by atoms with Gasteiger partial charge in [-0.25, -0.2) is 4.98 Å². The molecule has 0 aromatic carbocycles. The average molecular weight is 269 g/mol. The topological polar surface area (TPSA) is 49.3 Å². The van der Waals surface area contributed by atoms with Gasteiger partial charge in [0.05, 0.1) is 12.4 Å². The summed E-state index contributed by atoms with van der Waals surface area (Å²) in [7, 11) is 4.03. The largest absolute Gasteiger partial charge is 0.333 e. The van der Waals surface area contributed by atoms with E-state index in [9.17, 15) is 4.79 Å². The quantitative estimate of drug-likeness (QED) is 0.829. The summed E-state index contributed by atoms with van der Waals surface area (Å²) in [5.41, 5.74) is 0.327. The number of halogens is 1. The third-order valence-corrected chi connectivity index (χ3v) is 3.22. The van der Waals surface area contributed by atoms with Crippen molar-refractivity contribution in [2.24, 2.45) is 0 Å². The van der Waals surface area contributed by atoms with E-state index in [1.54, 1.807) is 0 Å². The summed E-state index contributed by atoms with van der Waals surface area (Å²) in [6.07, 6.45) is 4.98. The molecule has 0 N–H and O–H groups in total. The molecule has 98 valence electrons. The molecule has 1 aliphatic rings. The summed E-state index contributed by atoms with van der Waals surface area (Å²) in [6.45, 7) is 1.66. The maximum absolute atomic E-state index is 12.3. The van der Waals surface area contributed by atoms with Crippen molar-refractivity contribution in [1.29, 1.82) is 0 Å². The molecule has 1 unspecified atom stereocenters. The van der Waals surface area contributed by atoms with Gasteiger partial charge in [0.15, 0.2) is 0 Å². The number of hydrogen-bond donors (Lipinski definition) is 0. The first kappa shape index (κ1) is 13.2. The normalized spacial score (nSPS) is 19.6. The summed E-state index contributed by atoms with van der Waals surface area (Å²) in [5, 5.41) is 0.254. The SMILES string of the molecule is CN(C)CC1CCCN1C(=O)c1cncc(Cl)n1. The van der Waals surface area contributed by atoms with Gasteiger partial charge in [0.1, 0.15) is 10.8 Å². The molecule has 0 radical (unpaired) electrons. The molecule has 1 saturated heterocycles. The minimum atomic E-state index is -0.0747. The van der Waals surface area contributed by atoms with Gasteiger partial charge < -0.3 is 9.80 Å². The molecule has 1 aromatic rings. The second-order valence-corrected chi connectivity index (χ2v) is 5.17. The van der Waals surface area contributed by atoms with E-state index in [0.717, 1.165) is 25.9 Å². The fourth-order valence-corrected chi connectivity index (χ4v) is 2.45. The molecule has 1 aliphatic heterocycles. The van der Waals surface area contributed by atoms with Crippen molar-refractivity contribution >= 4 is 17.5 Å². The fourth-order valence-electron chi connectivity index (χ4n) is 2.31. The Morgan fingerprint density at radius 2 is 2.33 bits per heavy atom. The number of rotatable bonds is 3. The Hall–Kier alpha value is -1.20. The van der Waals surface area contributed by atoms with Crippen molar-refractivity contribution in [3.63, 3.8) is 0 Å². The van der Waals surface area contributed by atoms with Crippen LogP contribution in [0.15, 0.2) is 12.4 Å². The second-order valence-electron chi connectivity index (χ2n) is 4.78. The van der Waals surface area contributed by atoms with Gasteiger partial charge in [0.25, 0.3) is 5.91 Å². The molecule has 1 aromatic heterocycles. The zero-order valence-corrected chi connectivity index (χ0v) is 11.4. The summed E-state index contributed by atoms with van der Waals surface area (Å²) >= 11 is 5.76. The Bertz CT molecular complexity index is 438. The van der Waals surface area contributed by atoms with Gasteiger partial charge in [-0.3, -0.25) is 9.78 Å². The van der Waals surface area contributed by atoms with E-state index >= 15 is 0 Å². The molecule has 6 heteroatoms. The molecular weight excluding hydrogens is 252 g/mol. The van der Waals surface area contributed by atoms with Crippen molar-refractivity contribution in [2.45, 2.75) is 18.9 Å². The van der Waals surface area contributed by atoms with Crippen molar-refractivity contribution in [1.82, 2.24) is 19.8 Å². The molecule has 5 nitrogen and oxygen atoms in total. The predicted octanol–water partition coefficient (Wildman–Crippen LogP) is 1.30. The summed E-state index contributed by atoms with van der Waals surface area (Å²) < 4.78 is 0. The lowest BCUT2D eigenvalue weighted by Crippen LogP contribution is -2.41. The Balaban J connectivity index is 2.12. The Kier molecular flexibility index (Phi) is 4.14. The van der Waals surface area contributed by atoms with Crippen LogP contribution in [0.2, 0.25) is 5.15 Å². The smallest absolute Gasteiger partial charge is 0.274 e. The number of nitrogens with zero attached hydrogens (tertiary/aromatic N) is 4. The lowest BCUT2D eigenvalue weighted by molar-refractivity contribution is 0.0710. The maximum Gasteiger partial charge on any atom is 0.274 e. The molecule has 1 amide bonds. The fraction of sp³-hybridized carbons (Fsp3) is 0.583. The van der Waals surface area contributed by atoms with Crippen LogP contribution in [0.3, 0.4) is 0 Å². The minimum Gasteiger partial charge on any atom is -0.333 e. The molecule has 0 bridgehead atoms. The number of carbonyl (C=O) groups is 1. The van der Waals surface area contributed by atoms with Crippen LogP contribution in [0, 0.1) is 0 Å². The van der Waals surface area contributed by atoms with Crippen LogP contribution in [0.5, 0.6) is 0 Å². The molecule has 1 atom stereocenters. The van der Waals surface area contributed by atoms with E-state index in [4.69, 9.17) is 11.6 Å². The van der Waals surface area contributed by atoms with Crippen LogP contribution < -0.4 is 0 Å². The van der Waals surface area contributed by atoms with Crippen LogP contribution in [0.4, 0.5) is 0 Å². The highest BCUT2D eigenvalue weighted by Crippen LogP contribution is 2.20. The molecule has 0 spiro atoms. The van der Waals surface area contributed by atoms with E-state index in [1.807, 2.05) is 19.0 Å². The van der Waals surface area contributed by atoms with Crippen LogP contribution >= 0.6 is 11.6 Å². The monoisotopic (exact) mass is 268 g/mol. The van der Waals surface area contributed by atoms with E-state index < -0.39 is 0 Å². The zero-order chi connectivity index (χ0) is 13.1. The molecule has 18 heavy (non-hydrogen) atoms. The average Bonchev–Trinajstić information content (AvgIpc) is 2.75. The van der Waals surface area contributed by atoms with Crippen LogP contribution in [0.1, 0.15) is 23.3 Å². The Labute approximate surface area is 112 Å².